The van der Waals surface area contributed by atoms with Crippen molar-refractivity contribution in [2.75, 3.05) is 11.9 Å². The van der Waals surface area contributed by atoms with Crippen LogP contribution in [-0.4, -0.2) is 39.9 Å². The molecule has 3 aromatic rings. The predicted molar refractivity (Wildman–Crippen MR) is 113 cm³/mol. The van der Waals surface area contributed by atoms with Crippen LogP contribution < -0.4 is 16.0 Å². The van der Waals surface area contributed by atoms with Crippen LogP contribution in [0.25, 0.3) is 11.0 Å². The number of aromatic nitrogens is 2. The third-order valence-electron chi connectivity index (χ3n) is 5.26. The van der Waals surface area contributed by atoms with E-state index >= 15 is 0 Å². The standard InChI is InChI=1S/C22H23N5O3/c1-27-18-9-5-4-8-16(18)24-19(27)12-13-23-20(28)11-10-17-22(30)25-15-7-3-2-6-14(15)21(29)26-17/h2-9,17H,10-13H2,1H3,(H,23,28)(H,25,30)(H,26,29)/t17-/m0/s1. The highest BCUT2D eigenvalue weighted by Crippen LogP contribution is 2.19. The maximum absolute atomic E-state index is 12.4. The number of anilines is 1. The molecule has 0 bridgehead atoms. The zero-order valence-electron chi connectivity index (χ0n) is 16.6. The van der Waals surface area contributed by atoms with Gasteiger partial charge in [0.25, 0.3) is 5.91 Å². The second-order valence-corrected chi connectivity index (χ2v) is 7.28. The number of aryl methyl sites for hydroxylation is 1. The van der Waals surface area contributed by atoms with Crippen molar-refractivity contribution in [2.45, 2.75) is 25.3 Å². The highest BCUT2D eigenvalue weighted by atomic mass is 16.2. The van der Waals surface area contributed by atoms with Crippen molar-refractivity contribution >= 4 is 34.4 Å². The summed E-state index contributed by atoms with van der Waals surface area (Å²) in [6.07, 6.45) is 0.966. The largest absolute Gasteiger partial charge is 0.356 e. The van der Waals surface area contributed by atoms with E-state index in [1.54, 1.807) is 24.3 Å². The quantitative estimate of drug-likeness (QED) is 0.581. The number of hydrogen-bond donors (Lipinski definition) is 3. The second-order valence-electron chi connectivity index (χ2n) is 7.28. The van der Waals surface area contributed by atoms with Gasteiger partial charge in [-0.2, -0.15) is 0 Å². The minimum atomic E-state index is -0.754. The highest BCUT2D eigenvalue weighted by molar-refractivity contribution is 6.09. The third kappa shape index (κ3) is 4.03. The van der Waals surface area contributed by atoms with Gasteiger partial charge in [0.05, 0.1) is 22.3 Å². The van der Waals surface area contributed by atoms with Crippen LogP contribution in [0.4, 0.5) is 5.69 Å². The molecule has 4 rings (SSSR count). The smallest absolute Gasteiger partial charge is 0.254 e. The number of rotatable bonds is 6. The summed E-state index contributed by atoms with van der Waals surface area (Å²) in [6.45, 7) is 0.449. The van der Waals surface area contributed by atoms with Gasteiger partial charge in [-0.05, 0) is 30.7 Å². The molecule has 1 atom stereocenters. The van der Waals surface area contributed by atoms with Gasteiger partial charge >= 0.3 is 0 Å². The average molecular weight is 405 g/mol. The first kappa shape index (κ1) is 19.6. The average Bonchev–Trinajstić information content (AvgIpc) is 3.00. The first-order chi connectivity index (χ1) is 14.5. The summed E-state index contributed by atoms with van der Waals surface area (Å²) in [6, 6.07) is 14.0. The van der Waals surface area contributed by atoms with Crippen LogP contribution in [0.5, 0.6) is 0 Å². The second kappa shape index (κ2) is 8.36. The van der Waals surface area contributed by atoms with E-state index in [9.17, 15) is 14.4 Å². The molecule has 3 amide bonds. The van der Waals surface area contributed by atoms with Crippen LogP contribution in [0.1, 0.15) is 29.0 Å². The van der Waals surface area contributed by atoms with E-state index in [1.807, 2.05) is 35.9 Å². The third-order valence-corrected chi connectivity index (χ3v) is 5.26. The monoisotopic (exact) mass is 405 g/mol. The summed E-state index contributed by atoms with van der Waals surface area (Å²) in [5, 5.41) is 8.31. The number of benzene rings is 2. The van der Waals surface area contributed by atoms with Gasteiger partial charge in [-0.25, -0.2) is 4.98 Å². The number of carbonyl (C=O) groups excluding carboxylic acids is 3. The molecule has 0 saturated heterocycles. The fraction of sp³-hybridized carbons (Fsp3) is 0.273. The Bertz CT molecular complexity index is 1120. The first-order valence-electron chi connectivity index (χ1n) is 9.90. The van der Waals surface area contributed by atoms with Crippen molar-refractivity contribution in [2.24, 2.45) is 7.05 Å². The molecule has 1 aliphatic rings. The lowest BCUT2D eigenvalue weighted by atomic mass is 10.1. The van der Waals surface area contributed by atoms with Gasteiger partial charge in [-0.3, -0.25) is 14.4 Å². The van der Waals surface area contributed by atoms with Gasteiger partial charge in [-0.1, -0.05) is 24.3 Å². The van der Waals surface area contributed by atoms with Crippen molar-refractivity contribution in [1.82, 2.24) is 20.2 Å². The predicted octanol–water partition coefficient (Wildman–Crippen LogP) is 1.76. The van der Waals surface area contributed by atoms with Crippen molar-refractivity contribution < 1.29 is 14.4 Å². The fourth-order valence-electron chi connectivity index (χ4n) is 3.61. The normalized spacial score (nSPS) is 15.8. The van der Waals surface area contributed by atoms with E-state index < -0.39 is 6.04 Å². The Morgan fingerprint density at radius 2 is 1.90 bits per heavy atom. The van der Waals surface area contributed by atoms with E-state index in [1.165, 1.54) is 0 Å². The lowest BCUT2D eigenvalue weighted by Crippen LogP contribution is -2.42. The summed E-state index contributed by atoms with van der Waals surface area (Å²) >= 11 is 0. The number of amides is 3. The lowest BCUT2D eigenvalue weighted by molar-refractivity contribution is -0.121. The van der Waals surface area contributed by atoms with Gasteiger partial charge in [0, 0.05) is 26.4 Å². The molecule has 0 saturated carbocycles. The summed E-state index contributed by atoms with van der Waals surface area (Å²) in [5.41, 5.74) is 2.88. The SMILES string of the molecule is Cn1c(CCNC(=O)CC[C@@H]2NC(=O)c3ccccc3NC2=O)nc2ccccc21. The molecule has 0 aliphatic carbocycles. The molecule has 1 aromatic heterocycles. The molecule has 0 radical (unpaired) electrons. The van der Waals surface area contributed by atoms with Crippen molar-refractivity contribution in [3.05, 3.63) is 59.9 Å². The number of para-hydroxylation sites is 3. The fourth-order valence-corrected chi connectivity index (χ4v) is 3.61. The molecule has 2 heterocycles. The number of hydrogen-bond acceptors (Lipinski definition) is 4. The van der Waals surface area contributed by atoms with E-state index in [2.05, 4.69) is 20.9 Å². The van der Waals surface area contributed by atoms with Crippen LogP contribution in [0.3, 0.4) is 0 Å². The van der Waals surface area contributed by atoms with Crippen LogP contribution in [0.2, 0.25) is 0 Å². The van der Waals surface area contributed by atoms with Gasteiger partial charge in [-0.15, -0.1) is 0 Å². The van der Waals surface area contributed by atoms with Crippen LogP contribution in [0.15, 0.2) is 48.5 Å². The molecule has 0 unspecified atom stereocenters. The number of nitrogens with one attached hydrogen (secondary N) is 3. The van der Waals surface area contributed by atoms with E-state index in [4.69, 9.17) is 0 Å². The van der Waals surface area contributed by atoms with E-state index in [-0.39, 0.29) is 30.6 Å². The Labute approximate surface area is 173 Å². The van der Waals surface area contributed by atoms with E-state index in [0.717, 1.165) is 16.9 Å². The van der Waals surface area contributed by atoms with Crippen LogP contribution in [-0.2, 0) is 23.1 Å². The Kier molecular flexibility index (Phi) is 5.47. The van der Waals surface area contributed by atoms with E-state index in [0.29, 0.717) is 24.2 Å². The first-order valence-corrected chi connectivity index (χ1v) is 9.90. The summed E-state index contributed by atoms with van der Waals surface area (Å²) in [7, 11) is 1.96. The molecule has 0 spiro atoms. The van der Waals surface area contributed by atoms with Gasteiger partial charge in [0.2, 0.25) is 11.8 Å². The summed E-state index contributed by atoms with van der Waals surface area (Å²) < 4.78 is 2.02. The van der Waals surface area contributed by atoms with Crippen molar-refractivity contribution in [3.8, 4) is 0 Å². The Hall–Kier alpha value is -3.68. The van der Waals surface area contributed by atoms with Gasteiger partial charge < -0.3 is 20.5 Å². The molecule has 3 N–H and O–H groups in total. The molecular weight excluding hydrogens is 382 g/mol. The number of carbonyl (C=O) groups is 3. The van der Waals surface area contributed by atoms with Crippen molar-refractivity contribution in [1.29, 1.82) is 0 Å². The minimum Gasteiger partial charge on any atom is -0.356 e. The maximum Gasteiger partial charge on any atom is 0.254 e. The summed E-state index contributed by atoms with van der Waals surface area (Å²) in [4.78, 5) is 41.5. The molecule has 2 aromatic carbocycles. The molecule has 8 heteroatoms. The highest BCUT2D eigenvalue weighted by Gasteiger charge is 2.27. The number of nitrogens with zero attached hydrogens (tertiary/aromatic N) is 2. The number of imidazole rings is 1. The van der Waals surface area contributed by atoms with Gasteiger partial charge in [0.1, 0.15) is 11.9 Å². The molecule has 8 nitrogen and oxygen atoms in total. The van der Waals surface area contributed by atoms with Gasteiger partial charge in [0.15, 0.2) is 0 Å². The lowest BCUT2D eigenvalue weighted by Gasteiger charge is -2.14. The maximum atomic E-state index is 12.4. The van der Waals surface area contributed by atoms with Crippen LogP contribution >= 0.6 is 0 Å². The summed E-state index contributed by atoms with van der Waals surface area (Å²) in [5.74, 6) is 0.0826. The molecule has 30 heavy (non-hydrogen) atoms. The molecular formula is C22H23N5O3. The Morgan fingerprint density at radius 1 is 1.13 bits per heavy atom. The van der Waals surface area contributed by atoms with Crippen LogP contribution in [0, 0.1) is 0 Å². The number of fused-ring (bicyclic) bond motifs is 2. The molecule has 0 fully saturated rings. The Balaban J connectivity index is 1.28. The molecule has 1 aliphatic heterocycles. The van der Waals surface area contributed by atoms with Crippen molar-refractivity contribution in [3.63, 3.8) is 0 Å². The molecule has 154 valence electrons. The zero-order valence-corrected chi connectivity index (χ0v) is 16.6. The Morgan fingerprint density at radius 3 is 2.73 bits per heavy atom. The topological polar surface area (TPSA) is 105 Å². The zero-order chi connectivity index (χ0) is 21.1. The minimum absolute atomic E-state index is 0.136.